The number of hydrogen-bond donors (Lipinski definition) is 3. The number of nitrogen functional groups attached to an aromatic ring is 2. The van der Waals surface area contributed by atoms with Crippen LogP contribution in [0.4, 0.5) is 24.5 Å². The molecule has 0 aliphatic carbocycles. The number of nitrogens with one attached hydrogen (secondary N) is 1. The maximum Gasteiger partial charge on any atom is 0.573 e. The fourth-order valence-corrected chi connectivity index (χ4v) is 2.11. The van der Waals surface area contributed by atoms with Gasteiger partial charge in [0.1, 0.15) is 5.75 Å². The third kappa shape index (κ3) is 4.31. The number of nitrogens with two attached hydrogens (primary N) is 2. The largest absolute Gasteiger partial charge is 0.573 e. The number of carbonyl (C=O) groups is 1. The van der Waals surface area contributed by atoms with Gasteiger partial charge in [-0.05, 0) is 48.4 Å². The Balaban J connectivity index is 2.04. The van der Waals surface area contributed by atoms with E-state index in [1.165, 1.54) is 12.1 Å². The number of aryl methyl sites for hydroxylation is 1. The molecule has 2 aromatic carbocycles. The van der Waals surface area contributed by atoms with Crippen LogP contribution in [0.3, 0.4) is 0 Å². The second-order valence-corrected chi connectivity index (χ2v) is 5.12. The Hall–Kier alpha value is -2.90. The van der Waals surface area contributed by atoms with Crippen LogP contribution in [0.2, 0.25) is 0 Å². The number of carbonyl (C=O) groups excluding carboxylic acids is 1. The van der Waals surface area contributed by atoms with Crippen molar-refractivity contribution in [3.05, 3.63) is 53.1 Å². The zero-order valence-corrected chi connectivity index (χ0v) is 12.8. The van der Waals surface area contributed by atoms with Crippen molar-refractivity contribution in [1.82, 2.24) is 5.32 Å². The number of benzene rings is 2. The van der Waals surface area contributed by atoms with Gasteiger partial charge in [0.2, 0.25) is 0 Å². The number of anilines is 2. The van der Waals surface area contributed by atoms with E-state index in [1.54, 1.807) is 12.1 Å². The normalized spacial score (nSPS) is 11.2. The molecule has 1 amide bonds. The average molecular weight is 339 g/mol. The van der Waals surface area contributed by atoms with Gasteiger partial charge in [-0.3, -0.25) is 4.79 Å². The first-order valence-corrected chi connectivity index (χ1v) is 6.95. The summed E-state index contributed by atoms with van der Waals surface area (Å²) in [7, 11) is 0. The van der Waals surface area contributed by atoms with Crippen molar-refractivity contribution < 1.29 is 22.7 Å². The van der Waals surface area contributed by atoms with E-state index in [2.05, 4.69) is 10.1 Å². The third-order valence-electron chi connectivity index (χ3n) is 3.40. The van der Waals surface area contributed by atoms with Crippen molar-refractivity contribution in [3.63, 3.8) is 0 Å². The van der Waals surface area contributed by atoms with E-state index in [0.29, 0.717) is 16.9 Å². The molecular formula is C16H16F3N3O2. The molecule has 2 aromatic rings. The van der Waals surface area contributed by atoms with E-state index in [9.17, 15) is 18.0 Å². The number of halogens is 3. The Bertz CT molecular complexity index is 743. The maximum absolute atomic E-state index is 12.1. The molecular weight excluding hydrogens is 323 g/mol. The highest BCUT2D eigenvalue weighted by molar-refractivity contribution is 5.94. The number of alkyl halides is 3. The lowest BCUT2D eigenvalue weighted by Crippen LogP contribution is -2.24. The summed E-state index contributed by atoms with van der Waals surface area (Å²) < 4.78 is 40.0. The quantitative estimate of drug-likeness (QED) is 0.747. The highest BCUT2D eigenvalue weighted by Gasteiger charge is 2.31. The summed E-state index contributed by atoms with van der Waals surface area (Å²) in [5.41, 5.74) is 14.2. The van der Waals surface area contributed by atoms with Crippen LogP contribution in [0, 0.1) is 6.92 Å². The number of ether oxygens (including phenoxy) is 1. The second kappa shape index (κ2) is 6.69. The molecule has 0 saturated carbocycles. The predicted molar refractivity (Wildman–Crippen MR) is 84.3 cm³/mol. The third-order valence-corrected chi connectivity index (χ3v) is 3.40. The summed E-state index contributed by atoms with van der Waals surface area (Å²) in [5, 5.41) is 2.65. The number of amides is 1. The van der Waals surface area contributed by atoms with Gasteiger partial charge in [-0.1, -0.05) is 6.07 Å². The molecule has 0 aliphatic rings. The van der Waals surface area contributed by atoms with Gasteiger partial charge in [0.15, 0.2) is 0 Å². The summed E-state index contributed by atoms with van der Waals surface area (Å²) in [6, 6.07) is 8.09. The Labute approximate surface area is 136 Å². The van der Waals surface area contributed by atoms with Gasteiger partial charge in [-0.15, -0.1) is 13.2 Å². The minimum absolute atomic E-state index is 0.155. The van der Waals surface area contributed by atoms with E-state index in [1.807, 2.05) is 6.92 Å². The molecule has 2 rings (SSSR count). The van der Waals surface area contributed by atoms with Crippen LogP contribution in [0.5, 0.6) is 5.75 Å². The second-order valence-electron chi connectivity index (χ2n) is 5.12. The fraction of sp³-hybridized carbons (Fsp3) is 0.188. The molecule has 0 atom stereocenters. The SMILES string of the molecule is Cc1ccc(N)c(N)c1CNC(=O)c1ccc(OC(F)(F)F)cc1. The lowest BCUT2D eigenvalue weighted by molar-refractivity contribution is -0.274. The summed E-state index contributed by atoms with van der Waals surface area (Å²) in [4.78, 5) is 12.1. The van der Waals surface area contributed by atoms with Crippen LogP contribution < -0.4 is 21.5 Å². The first-order valence-electron chi connectivity index (χ1n) is 6.95. The van der Waals surface area contributed by atoms with Crippen molar-refractivity contribution in [2.45, 2.75) is 19.8 Å². The molecule has 8 heteroatoms. The van der Waals surface area contributed by atoms with Crippen LogP contribution in [-0.4, -0.2) is 12.3 Å². The molecule has 0 unspecified atom stereocenters. The number of rotatable bonds is 4. The summed E-state index contributed by atoms with van der Waals surface area (Å²) in [6.07, 6.45) is -4.77. The zero-order valence-electron chi connectivity index (χ0n) is 12.8. The van der Waals surface area contributed by atoms with Gasteiger partial charge in [0, 0.05) is 12.1 Å². The van der Waals surface area contributed by atoms with Gasteiger partial charge in [-0.25, -0.2) is 0 Å². The minimum Gasteiger partial charge on any atom is -0.406 e. The van der Waals surface area contributed by atoms with Crippen molar-refractivity contribution in [2.24, 2.45) is 0 Å². The monoisotopic (exact) mass is 339 g/mol. The lowest BCUT2D eigenvalue weighted by Gasteiger charge is -2.13. The van der Waals surface area contributed by atoms with E-state index in [4.69, 9.17) is 11.5 Å². The van der Waals surface area contributed by atoms with Gasteiger partial charge in [-0.2, -0.15) is 0 Å². The Morgan fingerprint density at radius 1 is 1.12 bits per heavy atom. The fourth-order valence-electron chi connectivity index (χ4n) is 2.11. The van der Waals surface area contributed by atoms with Crippen molar-refractivity contribution >= 4 is 17.3 Å². The average Bonchev–Trinajstić information content (AvgIpc) is 2.50. The van der Waals surface area contributed by atoms with Crippen LogP contribution in [0.25, 0.3) is 0 Å². The van der Waals surface area contributed by atoms with Crippen LogP contribution in [0.1, 0.15) is 21.5 Å². The van der Waals surface area contributed by atoms with Crippen LogP contribution in [0.15, 0.2) is 36.4 Å². The lowest BCUT2D eigenvalue weighted by atomic mass is 10.0. The highest BCUT2D eigenvalue weighted by atomic mass is 19.4. The molecule has 5 N–H and O–H groups in total. The molecule has 128 valence electrons. The molecule has 0 fully saturated rings. The molecule has 0 spiro atoms. The van der Waals surface area contributed by atoms with Crippen molar-refractivity contribution in [2.75, 3.05) is 11.5 Å². The van der Waals surface area contributed by atoms with E-state index < -0.39 is 18.0 Å². The topological polar surface area (TPSA) is 90.4 Å². The van der Waals surface area contributed by atoms with E-state index >= 15 is 0 Å². The van der Waals surface area contributed by atoms with E-state index in [0.717, 1.165) is 17.7 Å². The first-order chi connectivity index (χ1) is 11.2. The van der Waals surface area contributed by atoms with Crippen LogP contribution >= 0.6 is 0 Å². The van der Waals surface area contributed by atoms with Gasteiger partial charge in [0.25, 0.3) is 5.91 Å². The Kier molecular flexibility index (Phi) is 4.87. The Morgan fingerprint density at radius 2 is 1.75 bits per heavy atom. The molecule has 24 heavy (non-hydrogen) atoms. The Morgan fingerprint density at radius 3 is 2.33 bits per heavy atom. The van der Waals surface area contributed by atoms with Crippen LogP contribution in [-0.2, 0) is 6.54 Å². The van der Waals surface area contributed by atoms with Gasteiger partial charge >= 0.3 is 6.36 Å². The molecule has 0 aliphatic heterocycles. The summed E-state index contributed by atoms with van der Waals surface area (Å²) in [5.74, 6) is -0.843. The first kappa shape index (κ1) is 17.5. The van der Waals surface area contributed by atoms with Gasteiger partial charge in [0.05, 0.1) is 11.4 Å². The smallest absolute Gasteiger partial charge is 0.406 e. The summed E-state index contributed by atoms with van der Waals surface area (Å²) in [6.45, 7) is 1.99. The standard InChI is InChI=1S/C16H16F3N3O2/c1-9-2-7-13(20)14(21)12(9)8-22-15(23)10-3-5-11(6-4-10)24-16(17,18)19/h2-7H,8,20-21H2,1H3,(H,22,23). The minimum atomic E-state index is -4.77. The molecule has 0 bridgehead atoms. The summed E-state index contributed by atoms with van der Waals surface area (Å²) >= 11 is 0. The predicted octanol–water partition coefficient (Wildman–Crippen LogP) is 2.99. The maximum atomic E-state index is 12.1. The molecule has 0 saturated heterocycles. The number of hydrogen-bond acceptors (Lipinski definition) is 4. The zero-order chi connectivity index (χ0) is 17.9. The van der Waals surface area contributed by atoms with Crippen molar-refractivity contribution in [3.8, 4) is 5.75 Å². The molecule has 0 heterocycles. The molecule has 5 nitrogen and oxygen atoms in total. The van der Waals surface area contributed by atoms with Crippen molar-refractivity contribution in [1.29, 1.82) is 0 Å². The highest BCUT2D eigenvalue weighted by Crippen LogP contribution is 2.24. The molecule has 0 radical (unpaired) electrons. The van der Waals surface area contributed by atoms with E-state index in [-0.39, 0.29) is 12.1 Å². The van der Waals surface area contributed by atoms with Gasteiger partial charge < -0.3 is 21.5 Å². The molecule has 0 aromatic heterocycles.